The molecule has 2 nitrogen and oxygen atoms in total. The molecule has 0 saturated heterocycles. The van der Waals surface area contributed by atoms with Gasteiger partial charge in [0.05, 0.1) is 16.4 Å². The van der Waals surface area contributed by atoms with Crippen LogP contribution in [0.4, 0.5) is 5.69 Å². The average molecular weight is 354 g/mol. The molecule has 0 bridgehead atoms. The zero-order chi connectivity index (χ0) is 14.5. The molecule has 4 heteroatoms. The van der Waals surface area contributed by atoms with Gasteiger partial charge in [0.25, 0.3) is 0 Å². The molecule has 1 unspecified atom stereocenters. The van der Waals surface area contributed by atoms with Crippen LogP contribution in [0, 0.1) is 6.92 Å². The Kier molecular flexibility index (Phi) is 5.44. The molecule has 0 aliphatic heterocycles. The topological polar surface area (TPSA) is 24.9 Å². The number of nitrogens with zero attached hydrogens (tertiary/aromatic N) is 1. The molecule has 2 rings (SSSR count). The van der Waals surface area contributed by atoms with E-state index >= 15 is 0 Å². The summed E-state index contributed by atoms with van der Waals surface area (Å²) in [5.74, 6) is 0. The molecule has 0 fully saturated rings. The third-order valence-corrected chi connectivity index (χ3v) is 4.29. The molecule has 2 aromatic rings. The van der Waals surface area contributed by atoms with Crippen LogP contribution in [0.25, 0.3) is 0 Å². The summed E-state index contributed by atoms with van der Waals surface area (Å²) < 4.78 is 0.815. The molecule has 0 radical (unpaired) electrons. The van der Waals surface area contributed by atoms with Gasteiger partial charge in [-0.2, -0.15) is 0 Å². The van der Waals surface area contributed by atoms with Gasteiger partial charge < -0.3 is 5.32 Å². The fraction of sp³-hybridized carbons (Fsp3) is 0.312. The number of benzene rings is 1. The van der Waals surface area contributed by atoms with Crippen molar-refractivity contribution < 1.29 is 0 Å². The Balaban J connectivity index is 1.89. The van der Waals surface area contributed by atoms with E-state index in [0.29, 0.717) is 11.2 Å². The lowest BCUT2D eigenvalue weighted by atomic mass is 10.0. The summed E-state index contributed by atoms with van der Waals surface area (Å²) in [5, 5.41) is 3.93. The fourth-order valence-electron chi connectivity index (χ4n) is 2.11. The van der Waals surface area contributed by atoms with Gasteiger partial charge in [0.2, 0.25) is 0 Å². The first kappa shape index (κ1) is 15.3. The second-order valence-corrected chi connectivity index (χ2v) is 6.28. The molecule has 1 N–H and O–H groups in total. The Labute approximate surface area is 133 Å². The zero-order valence-corrected chi connectivity index (χ0v) is 14.0. The Morgan fingerprint density at radius 2 is 2.15 bits per heavy atom. The second kappa shape index (κ2) is 7.09. The van der Waals surface area contributed by atoms with Gasteiger partial charge in [-0.25, -0.2) is 4.98 Å². The number of hydrogen-bond donors (Lipinski definition) is 1. The lowest BCUT2D eigenvalue weighted by Crippen LogP contribution is -2.16. The van der Waals surface area contributed by atoms with Gasteiger partial charge in [-0.1, -0.05) is 41.4 Å². The number of nitrogens with one attached hydrogen (secondary N) is 1. The molecule has 20 heavy (non-hydrogen) atoms. The van der Waals surface area contributed by atoms with E-state index in [4.69, 9.17) is 11.6 Å². The normalized spacial score (nSPS) is 12.2. The van der Waals surface area contributed by atoms with Crippen LogP contribution >= 0.6 is 27.5 Å². The van der Waals surface area contributed by atoms with Crippen LogP contribution in [0.2, 0.25) is 5.15 Å². The van der Waals surface area contributed by atoms with Crippen molar-refractivity contribution in [1.29, 1.82) is 0 Å². The first-order valence-corrected chi connectivity index (χ1v) is 7.85. The number of anilines is 1. The van der Waals surface area contributed by atoms with Crippen molar-refractivity contribution in [3.63, 3.8) is 0 Å². The van der Waals surface area contributed by atoms with Crippen molar-refractivity contribution >= 4 is 33.2 Å². The fourth-order valence-corrected chi connectivity index (χ4v) is 2.56. The molecule has 1 aromatic heterocycles. The standard InChI is InChI=1S/C16H18BrClN2/c1-11-4-3-5-13(8-11)7-6-12(2)20-14-9-15(17)16(18)19-10-14/h3-5,8-10,12,20H,6-7H2,1-2H3. The van der Waals surface area contributed by atoms with Crippen LogP contribution in [0.1, 0.15) is 24.5 Å². The van der Waals surface area contributed by atoms with E-state index in [-0.39, 0.29) is 0 Å². The molecule has 1 heterocycles. The minimum Gasteiger partial charge on any atom is -0.381 e. The largest absolute Gasteiger partial charge is 0.381 e. The summed E-state index contributed by atoms with van der Waals surface area (Å²) in [4.78, 5) is 4.12. The Morgan fingerprint density at radius 3 is 2.85 bits per heavy atom. The summed E-state index contributed by atoms with van der Waals surface area (Å²) >= 11 is 9.27. The van der Waals surface area contributed by atoms with E-state index in [1.807, 2.05) is 6.07 Å². The highest BCUT2D eigenvalue weighted by atomic mass is 79.9. The third-order valence-electron chi connectivity index (χ3n) is 3.16. The summed E-state index contributed by atoms with van der Waals surface area (Å²) in [6.07, 6.45) is 3.90. The number of halogens is 2. The maximum absolute atomic E-state index is 5.89. The Morgan fingerprint density at radius 1 is 1.35 bits per heavy atom. The second-order valence-electron chi connectivity index (χ2n) is 5.07. The van der Waals surface area contributed by atoms with Crippen LogP contribution in [-0.2, 0) is 6.42 Å². The SMILES string of the molecule is Cc1cccc(CCC(C)Nc2cnc(Cl)c(Br)c2)c1. The van der Waals surface area contributed by atoms with E-state index < -0.39 is 0 Å². The Bertz CT molecular complexity index is 586. The summed E-state index contributed by atoms with van der Waals surface area (Å²) in [6, 6.07) is 11.0. The quantitative estimate of drug-likeness (QED) is 0.744. The lowest BCUT2D eigenvalue weighted by molar-refractivity contribution is 0.705. The van der Waals surface area contributed by atoms with Crippen LogP contribution in [0.5, 0.6) is 0 Å². The van der Waals surface area contributed by atoms with E-state index in [0.717, 1.165) is 23.0 Å². The van der Waals surface area contributed by atoms with Gasteiger partial charge in [0, 0.05) is 6.04 Å². The number of pyridine rings is 1. The van der Waals surface area contributed by atoms with Crippen LogP contribution in [0.15, 0.2) is 41.0 Å². The molecule has 0 spiro atoms. The van der Waals surface area contributed by atoms with Crippen molar-refractivity contribution in [2.45, 2.75) is 32.7 Å². The maximum atomic E-state index is 5.89. The number of aryl methyl sites for hydroxylation is 2. The van der Waals surface area contributed by atoms with Gasteiger partial charge in [0.1, 0.15) is 5.15 Å². The van der Waals surface area contributed by atoms with Gasteiger partial charge in [-0.15, -0.1) is 0 Å². The van der Waals surface area contributed by atoms with Crippen LogP contribution in [-0.4, -0.2) is 11.0 Å². The van der Waals surface area contributed by atoms with Gasteiger partial charge in [0.15, 0.2) is 0 Å². The van der Waals surface area contributed by atoms with Crippen molar-refractivity contribution in [1.82, 2.24) is 4.98 Å². The van der Waals surface area contributed by atoms with Gasteiger partial charge >= 0.3 is 0 Å². The summed E-state index contributed by atoms with van der Waals surface area (Å²) in [7, 11) is 0. The molecular weight excluding hydrogens is 336 g/mol. The molecule has 0 saturated carbocycles. The van der Waals surface area contributed by atoms with Crippen molar-refractivity contribution in [2.24, 2.45) is 0 Å². The minimum atomic E-state index is 0.380. The number of rotatable bonds is 5. The smallest absolute Gasteiger partial charge is 0.143 e. The highest BCUT2D eigenvalue weighted by Gasteiger charge is 2.05. The van der Waals surface area contributed by atoms with Crippen molar-refractivity contribution in [3.8, 4) is 0 Å². The minimum absolute atomic E-state index is 0.380. The molecule has 1 aromatic carbocycles. The monoisotopic (exact) mass is 352 g/mol. The number of aromatic nitrogens is 1. The molecule has 0 aliphatic carbocycles. The first-order chi connectivity index (χ1) is 9.54. The molecule has 0 aliphatic rings. The molecule has 106 valence electrons. The van der Waals surface area contributed by atoms with E-state index in [1.54, 1.807) is 6.20 Å². The van der Waals surface area contributed by atoms with E-state index in [2.05, 4.69) is 64.3 Å². The number of hydrogen-bond acceptors (Lipinski definition) is 2. The predicted molar refractivity (Wildman–Crippen MR) is 89.5 cm³/mol. The van der Waals surface area contributed by atoms with Crippen molar-refractivity contribution in [3.05, 3.63) is 57.3 Å². The summed E-state index contributed by atoms with van der Waals surface area (Å²) in [6.45, 7) is 4.31. The molecule has 1 atom stereocenters. The van der Waals surface area contributed by atoms with Gasteiger partial charge in [-0.05, 0) is 54.2 Å². The van der Waals surface area contributed by atoms with Gasteiger partial charge in [-0.3, -0.25) is 0 Å². The highest BCUT2D eigenvalue weighted by Crippen LogP contribution is 2.23. The van der Waals surface area contributed by atoms with Crippen molar-refractivity contribution in [2.75, 3.05) is 5.32 Å². The zero-order valence-electron chi connectivity index (χ0n) is 11.7. The summed E-state index contributed by atoms with van der Waals surface area (Å²) in [5.41, 5.74) is 3.68. The average Bonchev–Trinajstić information content (AvgIpc) is 2.41. The Hall–Kier alpha value is -1.06. The first-order valence-electron chi connectivity index (χ1n) is 6.67. The van der Waals surface area contributed by atoms with E-state index in [1.165, 1.54) is 11.1 Å². The third kappa shape index (κ3) is 4.50. The maximum Gasteiger partial charge on any atom is 0.143 e. The van der Waals surface area contributed by atoms with E-state index in [9.17, 15) is 0 Å². The predicted octanol–water partition coefficient (Wildman–Crippen LogP) is 5.24. The highest BCUT2D eigenvalue weighted by molar-refractivity contribution is 9.10. The van der Waals surface area contributed by atoms with Crippen LogP contribution < -0.4 is 5.32 Å². The van der Waals surface area contributed by atoms with Crippen LogP contribution in [0.3, 0.4) is 0 Å². The molecular formula is C16H18BrClN2. The lowest BCUT2D eigenvalue weighted by Gasteiger charge is -2.15. The molecule has 0 amide bonds.